The lowest BCUT2D eigenvalue weighted by molar-refractivity contribution is -0.0573. The zero-order chi connectivity index (χ0) is 13.0. The molecule has 0 saturated heterocycles. The van der Waals surface area contributed by atoms with Crippen molar-refractivity contribution in [1.29, 1.82) is 0 Å². The molecule has 1 aromatic rings. The van der Waals surface area contributed by atoms with Crippen LogP contribution in [0.4, 0.5) is 0 Å². The smallest absolute Gasteiger partial charge is 0.104 e. The van der Waals surface area contributed by atoms with Crippen LogP contribution in [0, 0.1) is 5.92 Å². The van der Waals surface area contributed by atoms with Gasteiger partial charge in [-0.25, -0.2) is 0 Å². The predicted molar refractivity (Wildman–Crippen MR) is 80.9 cm³/mol. The second kappa shape index (κ2) is 7.04. The van der Waals surface area contributed by atoms with Crippen molar-refractivity contribution < 1.29 is 4.74 Å². The Balaban J connectivity index is 2.00. The van der Waals surface area contributed by atoms with Crippen LogP contribution in [-0.2, 0) is 4.74 Å². The highest BCUT2D eigenvalue weighted by molar-refractivity contribution is 9.10. The quantitative estimate of drug-likeness (QED) is 0.862. The van der Waals surface area contributed by atoms with E-state index in [9.17, 15) is 0 Å². The van der Waals surface area contributed by atoms with Crippen LogP contribution >= 0.6 is 27.3 Å². The van der Waals surface area contributed by atoms with Gasteiger partial charge in [0.05, 0.1) is 6.10 Å². The average Bonchev–Trinajstić information content (AvgIpc) is 2.83. The number of nitrogens with two attached hydrogens (primary N) is 1. The first-order chi connectivity index (χ1) is 8.74. The average molecular weight is 332 g/mol. The normalized spacial score (nSPS) is 26.2. The van der Waals surface area contributed by atoms with E-state index in [-0.39, 0.29) is 6.10 Å². The molecule has 0 aliphatic heterocycles. The second-order valence-electron chi connectivity index (χ2n) is 5.02. The number of ether oxygens (including phenoxy) is 1. The molecule has 4 heteroatoms. The lowest BCUT2D eigenvalue weighted by Gasteiger charge is -2.33. The van der Waals surface area contributed by atoms with Gasteiger partial charge in [-0.1, -0.05) is 26.2 Å². The van der Waals surface area contributed by atoms with Crippen molar-refractivity contribution in [3.05, 3.63) is 20.8 Å². The minimum absolute atomic E-state index is 0.0680. The highest BCUT2D eigenvalue weighted by Gasteiger charge is 2.27. The fourth-order valence-electron chi connectivity index (χ4n) is 2.77. The van der Waals surface area contributed by atoms with Gasteiger partial charge in [0.15, 0.2) is 0 Å². The van der Waals surface area contributed by atoms with E-state index >= 15 is 0 Å². The van der Waals surface area contributed by atoms with Crippen LogP contribution < -0.4 is 5.73 Å². The zero-order valence-electron chi connectivity index (χ0n) is 10.9. The van der Waals surface area contributed by atoms with Gasteiger partial charge >= 0.3 is 0 Å². The monoisotopic (exact) mass is 331 g/mol. The van der Waals surface area contributed by atoms with E-state index in [1.54, 1.807) is 11.3 Å². The highest BCUT2D eigenvalue weighted by Crippen LogP contribution is 2.34. The van der Waals surface area contributed by atoms with Crippen LogP contribution in [0.3, 0.4) is 0 Å². The first kappa shape index (κ1) is 14.5. The van der Waals surface area contributed by atoms with Gasteiger partial charge in [0.1, 0.15) is 6.10 Å². The molecule has 18 heavy (non-hydrogen) atoms. The molecule has 2 rings (SSSR count). The Morgan fingerprint density at radius 2 is 2.28 bits per heavy atom. The fraction of sp³-hybridized carbons (Fsp3) is 0.714. The van der Waals surface area contributed by atoms with Crippen LogP contribution in [-0.4, -0.2) is 12.6 Å². The molecule has 1 aromatic heterocycles. The SMILES string of the molecule is CCC1CCCCC1OC(CN)c1cc(Br)cs1. The molecule has 1 saturated carbocycles. The third kappa shape index (κ3) is 3.56. The van der Waals surface area contributed by atoms with Crippen LogP contribution in [0.25, 0.3) is 0 Å². The molecule has 102 valence electrons. The maximum atomic E-state index is 6.31. The highest BCUT2D eigenvalue weighted by atomic mass is 79.9. The van der Waals surface area contributed by atoms with E-state index in [2.05, 4.69) is 34.3 Å². The molecule has 2 N–H and O–H groups in total. The Labute approximate surface area is 122 Å². The summed E-state index contributed by atoms with van der Waals surface area (Å²) in [6.45, 7) is 2.84. The number of thiophene rings is 1. The molecule has 0 radical (unpaired) electrons. The van der Waals surface area contributed by atoms with E-state index in [1.165, 1.54) is 37.0 Å². The molecule has 1 heterocycles. The molecule has 1 fully saturated rings. The maximum absolute atomic E-state index is 6.31. The van der Waals surface area contributed by atoms with Crippen molar-refractivity contribution in [2.24, 2.45) is 11.7 Å². The minimum Gasteiger partial charge on any atom is -0.368 e. The zero-order valence-corrected chi connectivity index (χ0v) is 13.3. The standard InChI is InChI=1S/C14H22BrNOS/c1-2-10-5-3-4-6-12(10)17-13(8-16)14-7-11(15)9-18-14/h7,9-10,12-13H,2-6,8,16H2,1H3. The Morgan fingerprint density at radius 1 is 1.50 bits per heavy atom. The van der Waals surface area contributed by atoms with Crippen LogP contribution in [0.2, 0.25) is 0 Å². The largest absolute Gasteiger partial charge is 0.368 e. The molecule has 3 unspecified atom stereocenters. The van der Waals surface area contributed by atoms with Gasteiger partial charge in [-0.2, -0.15) is 0 Å². The van der Waals surface area contributed by atoms with Gasteiger partial charge in [-0.3, -0.25) is 0 Å². The number of hydrogen-bond acceptors (Lipinski definition) is 3. The summed E-state index contributed by atoms with van der Waals surface area (Å²) in [5, 5.41) is 2.10. The van der Waals surface area contributed by atoms with Crippen molar-refractivity contribution in [2.45, 2.75) is 51.2 Å². The van der Waals surface area contributed by atoms with E-state index in [0.717, 1.165) is 10.4 Å². The number of hydrogen-bond donors (Lipinski definition) is 1. The third-order valence-corrected chi connectivity index (χ3v) is 5.61. The van der Waals surface area contributed by atoms with Crippen molar-refractivity contribution in [1.82, 2.24) is 0 Å². The van der Waals surface area contributed by atoms with Crippen molar-refractivity contribution in [2.75, 3.05) is 6.54 Å². The number of halogens is 1. The summed E-state index contributed by atoms with van der Waals surface area (Å²) in [6, 6.07) is 2.13. The first-order valence-corrected chi connectivity index (χ1v) is 8.51. The predicted octanol–water partition coefficient (Wildman–Crippen LogP) is 4.50. The maximum Gasteiger partial charge on any atom is 0.104 e. The Bertz CT molecular complexity index is 368. The Hall–Kier alpha value is 0.1000. The summed E-state index contributed by atoms with van der Waals surface area (Å²) in [5.41, 5.74) is 5.88. The van der Waals surface area contributed by atoms with E-state index in [0.29, 0.717) is 12.6 Å². The number of rotatable bonds is 5. The van der Waals surface area contributed by atoms with Gasteiger partial charge < -0.3 is 10.5 Å². The van der Waals surface area contributed by atoms with Crippen LogP contribution in [0.1, 0.15) is 50.0 Å². The summed E-state index contributed by atoms with van der Waals surface area (Å²) in [7, 11) is 0. The van der Waals surface area contributed by atoms with Crippen LogP contribution in [0.5, 0.6) is 0 Å². The van der Waals surface area contributed by atoms with E-state index < -0.39 is 0 Å². The Morgan fingerprint density at radius 3 is 2.89 bits per heavy atom. The van der Waals surface area contributed by atoms with Gasteiger partial charge in [0.25, 0.3) is 0 Å². The van der Waals surface area contributed by atoms with Crippen LogP contribution in [0.15, 0.2) is 15.9 Å². The molecule has 0 spiro atoms. The van der Waals surface area contributed by atoms with E-state index in [1.807, 2.05) is 0 Å². The minimum atomic E-state index is 0.0680. The van der Waals surface area contributed by atoms with Gasteiger partial charge in [-0.15, -0.1) is 11.3 Å². The molecule has 0 aromatic carbocycles. The van der Waals surface area contributed by atoms with Gasteiger partial charge in [0.2, 0.25) is 0 Å². The third-order valence-electron chi connectivity index (χ3n) is 3.82. The lowest BCUT2D eigenvalue weighted by Crippen LogP contribution is -2.30. The summed E-state index contributed by atoms with van der Waals surface area (Å²) in [4.78, 5) is 1.24. The molecule has 0 amide bonds. The Kier molecular flexibility index (Phi) is 5.67. The molecule has 3 atom stereocenters. The molecule has 1 aliphatic rings. The first-order valence-electron chi connectivity index (χ1n) is 6.84. The van der Waals surface area contributed by atoms with Gasteiger partial charge in [0, 0.05) is 21.3 Å². The second-order valence-corrected chi connectivity index (χ2v) is 6.88. The van der Waals surface area contributed by atoms with Crippen molar-refractivity contribution in [3.8, 4) is 0 Å². The molecule has 2 nitrogen and oxygen atoms in total. The van der Waals surface area contributed by atoms with Crippen molar-refractivity contribution >= 4 is 27.3 Å². The fourth-order valence-corrected chi connectivity index (χ4v) is 4.26. The van der Waals surface area contributed by atoms with E-state index in [4.69, 9.17) is 10.5 Å². The summed E-state index contributed by atoms with van der Waals surface area (Å²) in [6.07, 6.45) is 6.85. The molecular weight excluding hydrogens is 310 g/mol. The van der Waals surface area contributed by atoms with Crippen molar-refractivity contribution in [3.63, 3.8) is 0 Å². The molecule has 0 bridgehead atoms. The molecule has 1 aliphatic carbocycles. The summed E-state index contributed by atoms with van der Waals surface area (Å²) < 4.78 is 7.43. The summed E-state index contributed by atoms with van der Waals surface area (Å²) in [5.74, 6) is 0.719. The van der Waals surface area contributed by atoms with Gasteiger partial charge in [-0.05, 0) is 40.8 Å². The summed E-state index contributed by atoms with van der Waals surface area (Å²) >= 11 is 5.22. The topological polar surface area (TPSA) is 35.2 Å². The lowest BCUT2D eigenvalue weighted by atomic mass is 9.84. The molecular formula is C14H22BrNOS.